The second-order valence-corrected chi connectivity index (χ2v) is 7.96. The number of hydrogen-bond donors (Lipinski definition) is 1. The lowest BCUT2D eigenvalue weighted by Gasteiger charge is -2.24. The summed E-state index contributed by atoms with van der Waals surface area (Å²) in [4.78, 5) is 0.468. The van der Waals surface area contributed by atoms with Crippen LogP contribution in [0.1, 0.15) is 30.4 Å². The van der Waals surface area contributed by atoms with Crippen molar-refractivity contribution < 1.29 is 8.42 Å². The van der Waals surface area contributed by atoms with Crippen molar-refractivity contribution in [3.8, 4) is 0 Å². The Kier molecular flexibility index (Phi) is 4.98. The predicted octanol–water partition coefficient (Wildman–Crippen LogP) is 2.24. The highest BCUT2D eigenvalue weighted by molar-refractivity contribution is 7.89. The van der Waals surface area contributed by atoms with Gasteiger partial charge in [-0.2, -0.15) is 4.31 Å². The maximum Gasteiger partial charge on any atom is 0.243 e. The number of sulfonamides is 1. The van der Waals surface area contributed by atoms with Gasteiger partial charge >= 0.3 is 0 Å². The lowest BCUT2D eigenvalue weighted by Crippen LogP contribution is -2.39. The molecule has 1 aromatic rings. The number of nitrogens with zero attached hydrogens (tertiary/aromatic N) is 1. The monoisotopic (exact) mass is 330 g/mol. The molecule has 2 saturated heterocycles. The number of nitrogens with one attached hydrogen (secondary N) is 1. The van der Waals surface area contributed by atoms with Crippen molar-refractivity contribution in [2.24, 2.45) is 0 Å². The first kappa shape index (κ1) is 16.7. The molecule has 2 aliphatic heterocycles. The molecule has 6 heteroatoms. The van der Waals surface area contributed by atoms with E-state index in [2.05, 4.69) is 5.32 Å². The van der Waals surface area contributed by atoms with Crippen LogP contribution in [0, 0.1) is 13.8 Å². The minimum Gasteiger partial charge on any atom is -0.310 e. The highest BCUT2D eigenvalue weighted by Crippen LogP contribution is 2.26. The fraction of sp³-hybridized carbons (Fsp3) is 0.600. The van der Waals surface area contributed by atoms with Gasteiger partial charge in [-0.15, -0.1) is 12.4 Å². The lowest BCUT2D eigenvalue weighted by molar-refractivity contribution is 0.383. The van der Waals surface area contributed by atoms with Crippen molar-refractivity contribution in [1.29, 1.82) is 0 Å². The van der Waals surface area contributed by atoms with Gasteiger partial charge in [-0.05, 0) is 50.3 Å². The molecule has 1 aromatic carbocycles. The van der Waals surface area contributed by atoms with Crippen molar-refractivity contribution in [3.63, 3.8) is 0 Å². The van der Waals surface area contributed by atoms with E-state index < -0.39 is 10.0 Å². The predicted molar refractivity (Wildman–Crippen MR) is 86.5 cm³/mol. The van der Waals surface area contributed by atoms with Crippen LogP contribution in [0.2, 0.25) is 0 Å². The molecule has 2 heterocycles. The van der Waals surface area contributed by atoms with E-state index in [1.165, 1.54) is 6.42 Å². The first-order valence-corrected chi connectivity index (χ1v) is 8.74. The van der Waals surface area contributed by atoms with Gasteiger partial charge in [-0.1, -0.05) is 12.1 Å². The summed E-state index contributed by atoms with van der Waals surface area (Å²) in [6, 6.07) is 6.47. The van der Waals surface area contributed by atoms with Crippen LogP contribution in [0.25, 0.3) is 0 Å². The van der Waals surface area contributed by atoms with E-state index in [1.54, 1.807) is 10.4 Å². The Bertz CT molecular complexity index is 618. The van der Waals surface area contributed by atoms with E-state index in [0.29, 0.717) is 30.1 Å². The fourth-order valence-electron chi connectivity index (χ4n) is 3.25. The van der Waals surface area contributed by atoms with Crippen molar-refractivity contribution in [3.05, 3.63) is 29.3 Å². The lowest BCUT2D eigenvalue weighted by atomic mass is 10.1. The van der Waals surface area contributed by atoms with Crippen molar-refractivity contribution in [2.45, 2.75) is 50.1 Å². The number of rotatable bonds is 2. The molecule has 0 saturated carbocycles. The van der Waals surface area contributed by atoms with Crippen LogP contribution in [0.3, 0.4) is 0 Å². The number of halogens is 1. The molecule has 0 amide bonds. The average Bonchev–Trinajstić information content (AvgIpc) is 2.71. The van der Waals surface area contributed by atoms with Gasteiger partial charge in [0.15, 0.2) is 0 Å². The Hall–Kier alpha value is -0.620. The van der Waals surface area contributed by atoms with Gasteiger partial charge in [-0.3, -0.25) is 0 Å². The smallest absolute Gasteiger partial charge is 0.243 e. The molecule has 21 heavy (non-hydrogen) atoms. The van der Waals surface area contributed by atoms with E-state index in [9.17, 15) is 8.42 Å². The van der Waals surface area contributed by atoms with Gasteiger partial charge in [-0.25, -0.2) is 8.42 Å². The maximum atomic E-state index is 12.9. The summed E-state index contributed by atoms with van der Waals surface area (Å²) in [5.41, 5.74) is 1.82. The molecule has 3 rings (SSSR count). The summed E-state index contributed by atoms with van der Waals surface area (Å²) < 4.78 is 27.4. The second-order valence-electron chi connectivity index (χ2n) is 6.06. The molecule has 1 N–H and O–H groups in total. The summed E-state index contributed by atoms with van der Waals surface area (Å²) in [7, 11) is -3.37. The topological polar surface area (TPSA) is 49.4 Å². The third kappa shape index (κ3) is 3.26. The quantitative estimate of drug-likeness (QED) is 0.904. The van der Waals surface area contributed by atoms with Gasteiger partial charge in [0.1, 0.15) is 0 Å². The van der Waals surface area contributed by atoms with Gasteiger partial charge in [0.05, 0.1) is 4.90 Å². The molecular formula is C15H23ClN2O2S. The largest absolute Gasteiger partial charge is 0.310 e. The van der Waals surface area contributed by atoms with Crippen molar-refractivity contribution in [2.75, 3.05) is 13.1 Å². The molecule has 2 atom stereocenters. The van der Waals surface area contributed by atoms with E-state index in [1.807, 2.05) is 26.0 Å². The van der Waals surface area contributed by atoms with Gasteiger partial charge in [0.25, 0.3) is 0 Å². The maximum absolute atomic E-state index is 12.9. The Morgan fingerprint density at radius 2 is 1.86 bits per heavy atom. The highest BCUT2D eigenvalue weighted by Gasteiger charge is 2.35. The molecule has 2 unspecified atom stereocenters. The van der Waals surface area contributed by atoms with E-state index in [-0.39, 0.29) is 12.4 Å². The zero-order valence-electron chi connectivity index (χ0n) is 12.5. The van der Waals surface area contributed by atoms with E-state index in [4.69, 9.17) is 0 Å². The van der Waals surface area contributed by atoms with Crippen molar-refractivity contribution >= 4 is 22.4 Å². The van der Waals surface area contributed by atoms with Crippen LogP contribution < -0.4 is 5.32 Å². The number of hydrogen-bond acceptors (Lipinski definition) is 3. The second kappa shape index (κ2) is 6.24. The Morgan fingerprint density at radius 1 is 1.14 bits per heavy atom. The number of benzene rings is 1. The van der Waals surface area contributed by atoms with Crippen LogP contribution in [0.5, 0.6) is 0 Å². The SMILES string of the molecule is Cc1ccc(C)c(S(=O)(=O)N2CCC3CCC(C2)N3)c1.Cl. The van der Waals surface area contributed by atoms with Crippen LogP contribution >= 0.6 is 12.4 Å². The standard InChI is InChI=1S/C15H22N2O2S.ClH/c1-11-3-4-12(2)15(9-11)20(18,19)17-8-7-13-5-6-14(10-17)16-13;/h3-4,9,13-14,16H,5-8,10H2,1-2H3;1H. The van der Waals surface area contributed by atoms with Crippen LogP contribution in [-0.2, 0) is 10.0 Å². The third-order valence-electron chi connectivity index (χ3n) is 4.45. The number of fused-ring (bicyclic) bond motifs is 2. The molecule has 0 aliphatic carbocycles. The molecule has 118 valence electrons. The normalized spacial score (nSPS) is 26.2. The van der Waals surface area contributed by atoms with Crippen LogP contribution in [-0.4, -0.2) is 37.9 Å². The highest BCUT2D eigenvalue weighted by atomic mass is 35.5. The average molecular weight is 331 g/mol. The molecule has 2 fully saturated rings. The molecule has 0 radical (unpaired) electrons. The zero-order chi connectivity index (χ0) is 14.3. The Morgan fingerprint density at radius 3 is 2.62 bits per heavy atom. The summed E-state index contributed by atoms with van der Waals surface area (Å²) in [6.45, 7) is 5.04. The van der Waals surface area contributed by atoms with Crippen LogP contribution in [0.4, 0.5) is 0 Å². The molecule has 4 nitrogen and oxygen atoms in total. The van der Waals surface area contributed by atoms with Gasteiger partial charge < -0.3 is 5.32 Å². The Balaban J connectivity index is 0.00000161. The molecule has 0 spiro atoms. The van der Waals surface area contributed by atoms with Crippen molar-refractivity contribution in [1.82, 2.24) is 9.62 Å². The summed E-state index contributed by atoms with van der Waals surface area (Å²) in [5, 5.41) is 3.53. The fourth-order valence-corrected chi connectivity index (χ4v) is 5.06. The first-order chi connectivity index (χ1) is 9.46. The molecular weight excluding hydrogens is 308 g/mol. The van der Waals surface area contributed by atoms with E-state index >= 15 is 0 Å². The summed E-state index contributed by atoms with van der Waals surface area (Å²) >= 11 is 0. The Labute approximate surface area is 133 Å². The molecule has 0 aromatic heterocycles. The summed E-state index contributed by atoms with van der Waals surface area (Å²) in [5.74, 6) is 0. The van der Waals surface area contributed by atoms with Crippen LogP contribution in [0.15, 0.2) is 23.1 Å². The minimum absolute atomic E-state index is 0. The zero-order valence-corrected chi connectivity index (χ0v) is 14.1. The molecule has 2 aliphatic rings. The third-order valence-corrected chi connectivity index (χ3v) is 6.45. The number of aryl methyl sites for hydroxylation is 2. The summed E-state index contributed by atoms with van der Waals surface area (Å²) in [6.07, 6.45) is 3.19. The van der Waals surface area contributed by atoms with Gasteiger partial charge in [0, 0.05) is 25.2 Å². The minimum atomic E-state index is -3.37. The first-order valence-electron chi connectivity index (χ1n) is 7.30. The van der Waals surface area contributed by atoms with E-state index in [0.717, 1.165) is 24.0 Å². The van der Waals surface area contributed by atoms with Gasteiger partial charge in [0.2, 0.25) is 10.0 Å². The molecule has 2 bridgehead atoms.